The average molecular weight is 344 g/mol. The summed E-state index contributed by atoms with van der Waals surface area (Å²) in [6.45, 7) is 11.5. The van der Waals surface area contributed by atoms with Crippen LogP contribution in [0.4, 0.5) is 5.69 Å². The summed E-state index contributed by atoms with van der Waals surface area (Å²) in [4.78, 5) is 15.5. The second-order valence-electron chi connectivity index (χ2n) is 6.30. The molecule has 0 atom stereocenters. The fraction of sp³-hybridized carbons (Fsp3) is 0.182. The molecule has 0 bridgehead atoms. The lowest BCUT2D eigenvalue weighted by atomic mass is 9.98. The van der Waals surface area contributed by atoms with Crippen LogP contribution in [0.15, 0.2) is 48.5 Å². The monoisotopic (exact) mass is 344 g/mol. The van der Waals surface area contributed by atoms with Gasteiger partial charge in [-0.3, -0.25) is 0 Å². The van der Waals surface area contributed by atoms with Gasteiger partial charge >= 0.3 is 5.97 Å². The quantitative estimate of drug-likeness (QED) is 0.637. The fourth-order valence-electron chi connectivity index (χ4n) is 3.42. The van der Waals surface area contributed by atoms with Gasteiger partial charge in [-0.1, -0.05) is 61.0 Å². The lowest BCUT2D eigenvalue weighted by Crippen LogP contribution is -2.07. The molecule has 1 N–H and O–H groups in total. The Morgan fingerprint density at radius 1 is 1.12 bits per heavy atom. The number of rotatable bonds is 4. The van der Waals surface area contributed by atoms with Crippen LogP contribution >= 0.6 is 0 Å². The molecule has 0 fully saturated rings. The number of aryl methyl sites for hydroxylation is 1. The highest BCUT2D eigenvalue weighted by atomic mass is 16.4. The molecule has 0 unspecified atom stereocenters. The summed E-state index contributed by atoms with van der Waals surface area (Å²) >= 11 is 0. The lowest BCUT2D eigenvalue weighted by Gasteiger charge is -2.07. The van der Waals surface area contributed by atoms with E-state index in [9.17, 15) is 9.90 Å². The zero-order valence-corrected chi connectivity index (χ0v) is 15.1. The SMILES string of the molecule is [C-]#[N+]c1c(-c2ccc(-c3cccc(C)c3)cc2)c(C(=O)O)n(C)c1CC. The Bertz CT molecular complexity index is 1020. The molecule has 0 spiro atoms. The molecule has 1 aromatic heterocycles. The first-order valence-corrected chi connectivity index (χ1v) is 8.47. The second-order valence-corrected chi connectivity index (χ2v) is 6.30. The summed E-state index contributed by atoms with van der Waals surface area (Å²) in [5, 5.41) is 9.68. The minimum absolute atomic E-state index is 0.163. The van der Waals surface area contributed by atoms with Gasteiger partial charge in [0.1, 0.15) is 5.69 Å². The lowest BCUT2D eigenvalue weighted by molar-refractivity contribution is 0.0687. The third-order valence-electron chi connectivity index (χ3n) is 4.66. The minimum atomic E-state index is -1.02. The number of hydrogen-bond acceptors (Lipinski definition) is 1. The van der Waals surface area contributed by atoms with Crippen molar-refractivity contribution in [3.05, 3.63) is 76.9 Å². The van der Waals surface area contributed by atoms with E-state index >= 15 is 0 Å². The van der Waals surface area contributed by atoms with Crippen molar-refractivity contribution in [1.82, 2.24) is 4.57 Å². The molecule has 0 aliphatic carbocycles. The van der Waals surface area contributed by atoms with E-state index in [2.05, 4.69) is 23.9 Å². The zero-order chi connectivity index (χ0) is 18.8. The Morgan fingerprint density at radius 3 is 2.31 bits per heavy atom. The van der Waals surface area contributed by atoms with Gasteiger partial charge in [-0.15, -0.1) is 0 Å². The smallest absolute Gasteiger partial charge is 0.351 e. The minimum Gasteiger partial charge on any atom is -0.477 e. The largest absolute Gasteiger partial charge is 0.477 e. The topological polar surface area (TPSA) is 46.6 Å². The van der Waals surface area contributed by atoms with Gasteiger partial charge in [0.05, 0.1) is 6.57 Å². The number of carboxylic acids is 1. The Labute approximate surface area is 153 Å². The molecule has 0 aliphatic heterocycles. The van der Waals surface area contributed by atoms with Gasteiger partial charge in [0.2, 0.25) is 5.69 Å². The van der Waals surface area contributed by atoms with Crippen LogP contribution in [0.3, 0.4) is 0 Å². The molecule has 2 aromatic carbocycles. The van der Waals surface area contributed by atoms with Crippen LogP contribution in [0.5, 0.6) is 0 Å². The van der Waals surface area contributed by atoms with E-state index in [0.717, 1.165) is 22.4 Å². The Hall–Kier alpha value is -3.32. The van der Waals surface area contributed by atoms with E-state index in [1.165, 1.54) is 5.56 Å². The van der Waals surface area contributed by atoms with Crippen LogP contribution in [-0.2, 0) is 13.5 Å². The highest BCUT2D eigenvalue weighted by molar-refractivity contribution is 6.00. The zero-order valence-electron chi connectivity index (χ0n) is 15.1. The second kappa shape index (κ2) is 6.89. The third kappa shape index (κ3) is 2.89. The Morgan fingerprint density at radius 2 is 1.77 bits per heavy atom. The van der Waals surface area contributed by atoms with E-state index in [1.54, 1.807) is 11.6 Å². The van der Waals surface area contributed by atoms with E-state index in [1.807, 2.05) is 43.3 Å². The summed E-state index contributed by atoms with van der Waals surface area (Å²) in [7, 11) is 1.71. The van der Waals surface area contributed by atoms with Crippen LogP contribution in [0, 0.1) is 13.5 Å². The van der Waals surface area contributed by atoms with Crippen molar-refractivity contribution in [2.45, 2.75) is 20.3 Å². The molecule has 0 saturated carbocycles. The van der Waals surface area contributed by atoms with Gasteiger partial charge in [-0.05, 0) is 30.0 Å². The fourth-order valence-corrected chi connectivity index (χ4v) is 3.42. The van der Waals surface area contributed by atoms with Crippen molar-refractivity contribution in [1.29, 1.82) is 0 Å². The molecule has 0 amide bonds. The van der Waals surface area contributed by atoms with E-state index < -0.39 is 5.97 Å². The van der Waals surface area contributed by atoms with Crippen molar-refractivity contribution in [2.75, 3.05) is 0 Å². The van der Waals surface area contributed by atoms with Crippen molar-refractivity contribution >= 4 is 11.7 Å². The van der Waals surface area contributed by atoms with E-state index in [0.29, 0.717) is 17.7 Å². The molecule has 0 radical (unpaired) electrons. The Kier molecular flexibility index (Phi) is 4.64. The molecule has 4 heteroatoms. The number of carbonyl (C=O) groups is 1. The predicted octanol–water partition coefficient (Wildman–Crippen LogP) is 5.48. The summed E-state index contributed by atoms with van der Waals surface area (Å²) < 4.78 is 1.62. The molecule has 4 nitrogen and oxygen atoms in total. The molecule has 26 heavy (non-hydrogen) atoms. The number of nitrogens with zero attached hydrogens (tertiary/aromatic N) is 2. The van der Waals surface area contributed by atoms with Gasteiger partial charge < -0.3 is 9.67 Å². The number of carboxylic acid groups (broad SMARTS) is 1. The molecule has 3 aromatic rings. The molecule has 1 heterocycles. The van der Waals surface area contributed by atoms with Gasteiger partial charge in [0.25, 0.3) is 0 Å². The highest BCUT2D eigenvalue weighted by Gasteiger charge is 2.25. The molecule has 130 valence electrons. The summed E-state index contributed by atoms with van der Waals surface area (Å²) in [5.74, 6) is -1.02. The van der Waals surface area contributed by atoms with Crippen LogP contribution in [0.2, 0.25) is 0 Å². The number of aromatic carboxylic acids is 1. The van der Waals surface area contributed by atoms with Crippen molar-refractivity contribution < 1.29 is 9.90 Å². The molecule has 0 saturated heterocycles. The summed E-state index contributed by atoms with van der Waals surface area (Å²) in [6.07, 6.45) is 0.607. The van der Waals surface area contributed by atoms with E-state index in [4.69, 9.17) is 6.57 Å². The maximum absolute atomic E-state index is 11.8. The van der Waals surface area contributed by atoms with Crippen LogP contribution < -0.4 is 0 Å². The predicted molar refractivity (Wildman–Crippen MR) is 104 cm³/mol. The standard InChI is InChI=1S/C22H20N2O2/c1-5-18-20(23-3)19(21(22(25)26)24(18)4)16-11-9-15(10-12-16)17-8-6-7-14(2)13-17/h6-13H,5H2,1-2,4H3,(H,25,26). The first kappa shape index (κ1) is 17.5. The first-order chi connectivity index (χ1) is 12.5. The first-order valence-electron chi connectivity index (χ1n) is 8.47. The van der Waals surface area contributed by atoms with Crippen LogP contribution in [0.25, 0.3) is 27.1 Å². The van der Waals surface area contributed by atoms with Crippen molar-refractivity contribution in [3.8, 4) is 22.3 Å². The number of aromatic nitrogens is 1. The summed E-state index contributed by atoms with van der Waals surface area (Å²) in [6, 6.07) is 16.0. The highest BCUT2D eigenvalue weighted by Crippen LogP contribution is 2.40. The number of hydrogen-bond donors (Lipinski definition) is 1. The van der Waals surface area contributed by atoms with Crippen LogP contribution in [0.1, 0.15) is 28.7 Å². The van der Waals surface area contributed by atoms with Gasteiger partial charge in [-0.25, -0.2) is 9.64 Å². The van der Waals surface area contributed by atoms with Crippen LogP contribution in [-0.4, -0.2) is 15.6 Å². The molecule has 0 aliphatic rings. The maximum atomic E-state index is 11.8. The summed E-state index contributed by atoms with van der Waals surface area (Å²) in [5.41, 5.74) is 5.95. The molecule has 3 rings (SSSR count). The van der Waals surface area contributed by atoms with Gasteiger partial charge in [0, 0.05) is 18.3 Å². The maximum Gasteiger partial charge on any atom is 0.351 e. The molecular formula is C22H20N2O2. The normalized spacial score (nSPS) is 10.5. The van der Waals surface area contributed by atoms with Crippen molar-refractivity contribution in [2.24, 2.45) is 7.05 Å². The average Bonchev–Trinajstić information content (AvgIpc) is 2.93. The third-order valence-corrected chi connectivity index (χ3v) is 4.66. The van der Waals surface area contributed by atoms with Crippen molar-refractivity contribution in [3.63, 3.8) is 0 Å². The molecular weight excluding hydrogens is 324 g/mol. The number of benzene rings is 2. The van der Waals surface area contributed by atoms with Gasteiger partial charge in [0.15, 0.2) is 0 Å². The Balaban J connectivity index is 2.16. The van der Waals surface area contributed by atoms with E-state index in [-0.39, 0.29) is 5.69 Å². The van der Waals surface area contributed by atoms with Gasteiger partial charge in [-0.2, -0.15) is 0 Å².